The molecule has 1 aromatic rings. The first kappa shape index (κ1) is 10.9. The van der Waals surface area contributed by atoms with Crippen LogP contribution in [0.5, 0.6) is 0 Å². The number of carbonyl (C=O) groups is 1. The first-order valence-corrected chi connectivity index (χ1v) is 5.75. The lowest BCUT2D eigenvalue weighted by Gasteiger charge is -2.08. The highest BCUT2D eigenvalue weighted by Gasteiger charge is 2.12. The summed E-state index contributed by atoms with van der Waals surface area (Å²) in [5.74, 6) is 0.284. The number of allylic oxidation sites excluding steroid dienone is 2. The van der Waals surface area contributed by atoms with Crippen LogP contribution in [-0.4, -0.2) is 12.6 Å². The Kier molecular flexibility index (Phi) is 3.40. The fourth-order valence-electron chi connectivity index (χ4n) is 1.99. The van der Waals surface area contributed by atoms with Gasteiger partial charge in [0.1, 0.15) is 0 Å². The normalized spacial score (nSPS) is 18.7. The Morgan fingerprint density at radius 2 is 2.12 bits per heavy atom. The summed E-state index contributed by atoms with van der Waals surface area (Å²) in [4.78, 5) is 11.4. The van der Waals surface area contributed by atoms with Gasteiger partial charge in [0.25, 0.3) is 0 Å². The standard InChI is InChI=1S/C14H16O2/c1-2-16-14(15)13-9-7-12(8-10-13)11-5-3-4-6-11/h3,5,7-11H,2,4,6H2,1H3/t11-/m1/s1. The van der Waals surface area contributed by atoms with Crippen LogP contribution in [0.4, 0.5) is 0 Å². The van der Waals surface area contributed by atoms with Crippen molar-refractivity contribution >= 4 is 5.97 Å². The fraction of sp³-hybridized carbons (Fsp3) is 0.357. The van der Waals surface area contributed by atoms with Gasteiger partial charge in [-0.25, -0.2) is 4.79 Å². The van der Waals surface area contributed by atoms with Gasteiger partial charge in [-0.2, -0.15) is 0 Å². The van der Waals surface area contributed by atoms with Gasteiger partial charge >= 0.3 is 5.97 Å². The lowest BCUT2D eigenvalue weighted by atomic mass is 9.98. The maximum Gasteiger partial charge on any atom is 0.338 e. The van der Waals surface area contributed by atoms with Gasteiger partial charge in [-0.05, 0) is 37.5 Å². The molecule has 0 saturated carbocycles. The van der Waals surface area contributed by atoms with E-state index < -0.39 is 0 Å². The fourth-order valence-corrected chi connectivity index (χ4v) is 1.99. The number of ether oxygens (including phenoxy) is 1. The lowest BCUT2D eigenvalue weighted by molar-refractivity contribution is 0.0526. The van der Waals surface area contributed by atoms with Crippen LogP contribution in [0.3, 0.4) is 0 Å². The zero-order valence-corrected chi connectivity index (χ0v) is 9.48. The van der Waals surface area contributed by atoms with E-state index in [9.17, 15) is 4.79 Å². The van der Waals surface area contributed by atoms with Crippen molar-refractivity contribution in [2.75, 3.05) is 6.61 Å². The van der Waals surface area contributed by atoms with Gasteiger partial charge in [0.05, 0.1) is 12.2 Å². The van der Waals surface area contributed by atoms with Crippen molar-refractivity contribution in [1.29, 1.82) is 0 Å². The Morgan fingerprint density at radius 1 is 1.38 bits per heavy atom. The largest absolute Gasteiger partial charge is 0.462 e. The van der Waals surface area contributed by atoms with Crippen molar-refractivity contribution in [2.24, 2.45) is 0 Å². The minimum absolute atomic E-state index is 0.240. The van der Waals surface area contributed by atoms with E-state index >= 15 is 0 Å². The van der Waals surface area contributed by atoms with Gasteiger partial charge < -0.3 is 4.74 Å². The van der Waals surface area contributed by atoms with Gasteiger partial charge in [-0.3, -0.25) is 0 Å². The van der Waals surface area contributed by atoms with Crippen LogP contribution < -0.4 is 0 Å². The summed E-state index contributed by atoms with van der Waals surface area (Å²) in [5, 5.41) is 0. The summed E-state index contributed by atoms with van der Waals surface area (Å²) in [6.45, 7) is 2.24. The monoisotopic (exact) mass is 216 g/mol. The second-order valence-electron chi connectivity index (χ2n) is 3.95. The molecule has 0 N–H and O–H groups in total. The molecule has 1 aliphatic carbocycles. The molecule has 0 bridgehead atoms. The van der Waals surface area contributed by atoms with E-state index in [1.807, 2.05) is 31.2 Å². The molecule has 0 spiro atoms. The molecule has 84 valence electrons. The summed E-state index contributed by atoms with van der Waals surface area (Å²) < 4.78 is 4.94. The predicted octanol–water partition coefficient (Wildman–Crippen LogP) is 3.30. The first-order valence-electron chi connectivity index (χ1n) is 5.75. The number of rotatable bonds is 3. The summed E-state index contributed by atoms with van der Waals surface area (Å²) in [6.07, 6.45) is 6.78. The smallest absolute Gasteiger partial charge is 0.338 e. The van der Waals surface area contributed by atoms with Crippen molar-refractivity contribution in [3.63, 3.8) is 0 Å². The highest BCUT2D eigenvalue weighted by atomic mass is 16.5. The molecule has 0 radical (unpaired) electrons. The van der Waals surface area contributed by atoms with E-state index in [4.69, 9.17) is 4.74 Å². The van der Waals surface area contributed by atoms with Gasteiger partial charge in [-0.1, -0.05) is 24.3 Å². The molecular formula is C14H16O2. The van der Waals surface area contributed by atoms with E-state index in [0.29, 0.717) is 18.1 Å². The van der Waals surface area contributed by atoms with Crippen molar-refractivity contribution in [2.45, 2.75) is 25.7 Å². The SMILES string of the molecule is CCOC(=O)c1ccc([C@@H]2C=CCC2)cc1. The van der Waals surface area contributed by atoms with Gasteiger partial charge in [0.2, 0.25) is 0 Å². The van der Waals surface area contributed by atoms with Gasteiger partial charge in [0.15, 0.2) is 0 Å². The third-order valence-corrected chi connectivity index (χ3v) is 2.86. The van der Waals surface area contributed by atoms with Gasteiger partial charge in [0, 0.05) is 5.92 Å². The molecule has 1 aromatic carbocycles. The molecule has 2 heteroatoms. The third kappa shape index (κ3) is 2.32. The Balaban J connectivity index is 2.09. The van der Waals surface area contributed by atoms with Gasteiger partial charge in [-0.15, -0.1) is 0 Å². The highest BCUT2D eigenvalue weighted by molar-refractivity contribution is 5.89. The number of hydrogen-bond acceptors (Lipinski definition) is 2. The first-order chi connectivity index (χ1) is 7.81. The predicted molar refractivity (Wildman–Crippen MR) is 63.5 cm³/mol. The summed E-state index contributed by atoms with van der Waals surface area (Å²) in [7, 11) is 0. The van der Waals surface area contributed by atoms with E-state index in [1.165, 1.54) is 12.0 Å². The van der Waals surface area contributed by atoms with Crippen LogP contribution in [0.1, 0.15) is 41.6 Å². The molecule has 0 aliphatic heterocycles. The molecule has 1 aliphatic rings. The molecule has 0 unspecified atom stereocenters. The maximum atomic E-state index is 11.4. The third-order valence-electron chi connectivity index (χ3n) is 2.86. The second-order valence-corrected chi connectivity index (χ2v) is 3.95. The molecule has 0 aromatic heterocycles. The molecule has 16 heavy (non-hydrogen) atoms. The lowest BCUT2D eigenvalue weighted by Crippen LogP contribution is -2.04. The van der Waals surface area contributed by atoms with Crippen LogP contribution in [0.2, 0.25) is 0 Å². The van der Waals surface area contributed by atoms with Crippen molar-refractivity contribution in [3.05, 3.63) is 47.5 Å². The Morgan fingerprint density at radius 3 is 2.69 bits per heavy atom. The molecule has 0 amide bonds. The van der Waals surface area contributed by atoms with Crippen LogP contribution in [-0.2, 0) is 4.74 Å². The zero-order chi connectivity index (χ0) is 11.4. The second kappa shape index (κ2) is 4.97. The molecule has 0 saturated heterocycles. The number of esters is 1. The minimum atomic E-state index is -0.240. The quantitative estimate of drug-likeness (QED) is 0.572. The van der Waals surface area contributed by atoms with Crippen LogP contribution in [0.15, 0.2) is 36.4 Å². The van der Waals surface area contributed by atoms with Crippen LogP contribution >= 0.6 is 0 Å². The Bertz CT molecular complexity index is 390. The molecule has 1 atom stereocenters. The molecule has 2 rings (SSSR count). The number of benzene rings is 1. The topological polar surface area (TPSA) is 26.3 Å². The Labute approximate surface area is 95.9 Å². The van der Waals surface area contributed by atoms with E-state index in [2.05, 4.69) is 12.2 Å². The van der Waals surface area contributed by atoms with Crippen molar-refractivity contribution in [3.8, 4) is 0 Å². The summed E-state index contributed by atoms with van der Waals surface area (Å²) in [5.41, 5.74) is 1.91. The van der Waals surface area contributed by atoms with E-state index in [1.54, 1.807) is 0 Å². The van der Waals surface area contributed by atoms with Crippen LogP contribution in [0, 0.1) is 0 Å². The highest BCUT2D eigenvalue weighted by Crippen LogP contribution is 2.28. The number of hydrogen-bond donors (Lipinski definition) is 0. The molecule has 2 nitrogen and oxygen atoms in total. The average Bonchev–Trinajstić information content (AvgIpc) is 2.83. The molecule has 0 heterocycles. The van der Waals surface area contributed by atoms with E-state index in [-0.39, 0.29) is 5.97 Å². The van der Waals surface area contributed by atoms with Crippen molar-refractivity contribution in [1.82, 2.24) is 0 Å². The summed E-state index contributed by atoms with van der Waals surface area (Å²) >= 11 is 0. The zero-order valence-electron chi connectivity index (χ0n) is 9.48. The van der Waals surface area contributed by atoms with Crippen molar-refractivity contribution < 1.29 is 9.53 Å². The molecular weight excluding hydrogens is 200 g/mol. The average molecular weight is 216 g/mol. The Hall–Kier alpha value is -1.57. The van der Waals surface area contributed by atoms with E-state index in [0.717, 1.165) is 6.42 Å². The molecule has 0 fully saturated rings. The minimum Gasteiger partial charge on any atom is -0.462 e. The van der Waals surface area contributed by atoms with Crippen LogP contribution in [0.25, 0.3) is 0 Å². The number of carbonyl (C=O) groups excluding carboxylic acids is 1. The maximum absolute atomic E-state index is 11.4. The summed E-state index contributed by atoms with van der Waals surface area (Å²) in [6, 6.07) is 7.73.